The molecule has 20 heavy (non-hydrogen) atoms. The van der Waals surface area contributed by atoms with Crippen molar-refractivity contribution in [1.82, 2.24) is 4.98 Å². The molecule has 0 bridgehead atoms. The van der Waals surface area contributed by atoms with Crippen molar-refractivity contribution in [3.8, 4) is 17.7 Å². The first-order valence-electron chi connectivity index (χ1n) is 5.31. The second-order valence-corrected chi connectivity index (χ2v) is 3.74. The molecule has 1 aromatic heterocycles. The van der Waals surface area contributed by atoms with E-state index in [1.807, 2.05) is 6.07 Å². The van der Waals surface area contributed by atoms with E-state index in [0.29, 0.717) is 12.1 Å². The Kier molecular flexibility index (Phi) is 3.57. The van der Waals surface area contributed by atoms with E-state index >= 15 is 0 Å². The van der Waals surface area contributed by atoms with Gasteiger partial charge in [-0.15, -0.1) is 0 Å². The van der Waals surface area contributed by atoms with Crippen molar-refractivity contribution in [3.63, 3.8) is 0 Å². The Labute approximate surface area is 111 Å². The molecule has 102 valence electrons. The van der Waals surface area contributed by atoms with E-state index in [-0.39, 0.29) is 17.2 Å². The van der Waals surface area contributed by atoms with Gasteiger partial charge in [0, 0.05) is 12.3 Å². The van der Waals surface area contributed by atoms with Gasteiger partial charge in [0.25, 0.3) is 0 Å². The summed E-state index contributed by atoms with van der Waals surface area (Å²) in [5.41, 5.74) is -1.13. The van der Waals surface area contributed by atoms with Gasteiger partial charge in [0.15, 0.2) is 0 Å². The molecule has 0 spiro atoms. The number of pyridine rings is 1. The quantitative estimate of drug-likeness (QED) is 0.785. The number of halogens is 4. The molecule has 0 unspecified atom stereocenters. The highest BCUT2D eigenvalue weighted by Crippen LogP contribution is 2.34. The summed E-state index contributed by atoms with van der Waals surface area (Å²) >= 11 is 0. The van der Waals surface area contributed by atoms with Crippen molar-refractivity contribution in [3.05, 3.63) is 53.5 Å². The average Bonchev–Trinajstić information content (AvgIpc) is 2.40. The van der Waals surface area contributed by atoms with E-state index < -0.39 is 17.6 Å². The molecule has 0 fully saturated rings. The number of ether oxygens (including phenoxy) is 1. The van der Waals surface area contributed by atoms with Crippen molar-refractivity contribution in [2.75, 3.05) is 0 Å². The zero-order chi connectivity index (χ0) is 14.8. The monoisotopic (exact) mass is 282 g/mol. The molecule has 0 saturated carbocycles. The Balaban J connectivity index is 2.28. The van der Waals surface area contributed by atoms with Gasteiger partial charge in [-0.2, -0.15) is 18.4 Å². The fourth-order valence-corrected chi connectivity index (χ4v) is 1.41. The molecule has 0 aliphatic rings. The van der Waals surface area contributed by atoms with Crippen LogP contribution in [0.1, 0.15) is 11.1 Å². The van der Waals surface area contributed by atoms with E-state index in [0.717, 1.165) is 6.07 Å². The van der Waals surface area contributed by atoms with Crippen LogP contribution in [0.4, 0.5) is 17.6 Å². The third-order valence-corrected chi connectivity index (χ3v) is 2.33. The van der Waals surface area contributed by atoms with E-state index in [2.05, 4.69) is 4.98 Å². The van der Waals surface area contributed by atoms with E-state index in [1.54, 1.807) is 0 Å². The van der Waals surface area contributed by atoms with Crippen LogP contribution in [0.25, 0.3) is 0 Å². The minimum atomic E-state index is -4.80. The summed E-state index contributed by atoms with van der Waals surface area (Å²) in [5, 5.41) is 8.58. The van der Waals surface area contributed by atoms with E-state index in [1.165, 1.54) is 18.3 Å². The van der Waals surface area contributed by atoms with Gasteiger partial charge in [0.05, 0.1) is 11.1 Å². The summed E-state index contributed by atoms with van der Waals surface area (Å²) in [6.45, 7) is 0. The second kappa shape index (κ2) is 5.17. The van der Waals surface area contributed by atoms with Crippen LogP contribution in [-0.4, -0.2) is 4.98 Å². The number of nitrogens with zero attached hydrogens (tertiary/aromatic N) is 2. The fraction of sp³-hybridized carbons (Fsp3) is 0.0769. The van der Waals surface area contributed by atoms with Crippen molar-refractivity contribution >= 4 is 0 Å². The molecule has 0 atom stereocenters. The lowest BCUT2D eigenvalue weighted by Gasteiger charge is -2.10. The number of aromatic nitrogens is 1. The molecule has 0 N–H and O–H groups in total. The summed E-state index contributed by atoms with van der Waals surface area (Å²) in [6.07, 6.45) is -3.59. The summed E-state index contributed by atoms with van der Waals surface area (Å²) in [4.78, 5) is 3.74. The Bertz CT molecular complexity index is 660. The normalized spacial score (nSPS) is 10.9. The third-order valence-electron chi connectivity index (χ3n) is 2.33. The van der Waals surface area contributed by atoms with Gasteiger partial charge >= 0.3 is 6.18 Å². The SMILES string of the molecule is N#Cc1ccc(Oc2ccc(F)c(C(F)(F)F)c2)nc1. The summed E-state index contributed by atoms with van der Waals surface area (Å²) < 4.78 is 55.7. The number of rotatable bonds is 2. The lowest BCUT2D eigenvalue weighted by atomic mass is 10.2. The molecule has 0 amide bonds. The smallest absolute Gasteiger partial charge is 0.419 e. The maximum Gasteiger partial charge on any atom is 0.419 e. The largest absolute Gasteiger partial charge is 0.439 e. The first kappa shape index (κ1) is 13.8. The third kappa shape index (κ3) is 3.03. The maximum atomic E-state index is 13.1. The lowest BCUT2D eigenvalue weighted by Crippen LogP contribution is -2.08. The summed E-state index contributed by atoms with van der Waals surface area (Å²) in [5.74, 6) is -1.57. The first-order chi connectivity index (χ1) is 9.40. The second-order valence-electron chi connectivity index (χ2n) is 3.74. The highest BCUT2D eigenvalue weighted by Gasteiger charge is 2.34. The van der Waals surface area contributed by atoms with Crippen LogP contribution in [0.15, 0.2) is 36.5 Å². The predicted molar refractivity (Wildman–Crippen MR) is 60.4 cm³/mol. The molecular weight excluding hydrogens is 276 g/mol. The molecule has 0 saturated heterocycles. The molecule has 2 aromatic rings. The number of alkyl halides is 3. The van der Waals surface area contributed by atoms with Gasteiger partial charge < -0.3 is 4.74 Å². The molecular formula is C13H6F4N2O. The van der Waals surface area contributed by atoms with Crippen LogP contribution >= 0.6 is 0 Å². The Morgan fingerprint density at radius 3 is 2.45 bits per heavy atom. The van der Waals surface area contributed by atoms with Crippen LogP contribution in [0.2, 0.25) is 0 Å². The highest BCUT2D eigenvalue weighted by atomic mass is 19.4. The number of hydrogen-bond donors (Lipinski definition) is 0. The van der Waals surface area contributed by atoms with Crippen molar-refractivity contribution in [2.24, 2.45) is 0 Å². The van der Waals surface area contributed by atoms with Crippen LogP contribution < -0.4 is 4.74 Å². The average molecular weight is 282 g/mol. The fourth-order valence-electron chi connectivity index (χ4n) is 1.41. The zero-order valence-electron chi connectivity index (χ0n) is 9.78. The highest BCUT2D eigenvalue weighted by molar-refractivity contribution is 5.35. The minimum absolute atomic E-state index is 0.00346. The first-order valence-corrected chi connectivity index (χ1v) is 5.31. The maximum absolute atomic E-state index is 13.1. The van der Waals surface area contributed by atoms with Crippen molar-refractivity contribution in [1.29, 1.82) is 5.26 Å². The van der Waals surface area contributed by atoms with Crippen LogP contribution in [0.3, 0.4) is 0 Å². The van der Waals surface area contributed by atoms with Gasteiger partial charge in [-0.1, -0.05) is 0 Å². The Morgan fingerprint density at radius 2 is 1.90 bits per heavy atom. The number of hydrogen-bond acceptors (Lipinski definition) is 3. The standard InChI is InChI=1S/C13H6F4N2O/c14-11-3-2-9(5-10(11)13(15,16)17)20-12-4-1-8(6-18)7-19-12/h1-5,7H. The summed E-state index contributed by atoms with van der Waals surface area (Å²) in [7, 11) is 0. The van der Waals surface area contributed by atoms with Gasteiger partial charge in [-0.25, -0.2) is 9.37 Å². The van der Waals surface area contributed by atoms with E-state index in [4.69, 9.17) is 10.00 Å². The molecule has 1 heterocycles. The lowest BCUT2D eigenvalue weighted by molar-refractivity contribution is -0.140. The zero-order valence-corrected chi connectivity index (χ0v) is 9.78. The van der Waals surface area contributed by atoms with Gasteiger partial charge in [-0.3, -0.25) is 0 Å². The molecule has 0 aliphatic heterocycles. The van der Waals surface area contributed by atoms with E-state index in [9.17, 15) is 17.6 Å². The Hall–Kier alpha value is -2.62. The van der Waals surface area contributed by atoms with Crippen molar-refractivity contribution < 1.29 is 22.3 Å². The van der Waals surface area contributed by atoms with Gasteiger partial charge in [-0.05, 0) is 24.3 Å². The topological polar surface area (TPSA) is 45.9 Å². The van der Waals surface area contributed by atoms with Crippen molar-refractivity contribution in [2.45, 2.75) is 6.18 Å². The molecule has 2 rings (SSSR count). The molecule has 0 aliphatic carbocycles. The number of nitriles is 1. The van der Waals surface area contributed by atoms with Crippen LogP contribution in [-0.2, 0) is 6.18 Å². The van der Waals surface area contributed by atoms with Gasteiger partial charge in [0.2, 0.25) is 5.88 Å². The Morgan fingerprint density at radius 1 is 1.15 bits per heavy atom. The van der Waals surface area contributed by atoms with Crippen LogP contribution in [0.5, 0.6) is 11.6 Å². The summed E-state index contributed by atoms with van der Waals surface area (Å²) in [6, 6.07) is 6.85. The minimum Gasteiger partial charge on any atom is -0.439 e. The molecule has 3 nitrogen and oxygen atoms in total. The van der Waals surface area contributed by atoms with Gasteiger partial charge in [0.1, 0.15) is 17.6 Å². The number of benzene rings is 1. The molecule has 1 aromatic carbocycles. The molecule has 0 radical (unpaired) electrons. The molecule has 7 heteroatoms. The predicted octanol–water partition coefficient (Wildman–Crippen LogP) is 3.90. The van der Waals surface area contributed by atoms with Crippen LogP contribution in [0, 0.1) is 17.1 Å².